The Balaban J connectivity index is 2.11. The Morgan fingerprint density at radius 1 is 1.48 bits per heavy atom. The van der Waals surface area contributed by atoms with E-state index in [4.69, 9.17) is 0 Å². The van der Waals surface area contributed by atoms with Crippen LogP contribution >= 0.6 is 0 Å². The molecule has 0 aliphatic rings. The SMILES string of the molecule is C=N/C=C\N(C)C(C)Nc1cc(-c2cnn(C)c2)ccn1. The lowest BCUT2D eigenvalue weighted by Gasteiger charge is -2.24. The largest absolute Gasteiger partial charge is 0.359 e. The van der Waals surface area contributed by atoms with E-state index in [0.717, 1.165) is 16.9 Å². The first-order valence-corrected chi connectivity index (χ1v) is 6.66. The Morgan fingerprint density at radius 3 is 2.95 bits per heavy atom. The van der Waals surface area contributed by atoms with E-state index in [9.17, 15) is 0 Å². The maximum absolute atomic E-state index is 4.35. The molecular weight excluding hydrogens is 264 g/mol. The molecule has 110 valence electrons. The molecule has 0 fully saturated rings. The van der Waals surface area contributed by atoms with E-state index in [1.165, 1.54) is 0 Å². The lowest BCUT2D eigenvalue weighted by molar-refractivity contribution is 0.383. The highest BCUT2D eigenvalue weighted by atomic mass is 15.3. The fourth-order valence-electron chi connectivity index (χ4n) is 1.86. The minimum atomic E-state index is 0.0830. The molecule has 0 amide bonds. The molecule has 0 saturated heterocycles. The lowest BCUT2D eigenvalue weighted by Crippen LogP contribution is -2.31. The van der Waals surface area contributed by atoms with Gasteiger partial charge in [-0.1, -0.05) is 0 Å². The summed E-state index contributed by atoms with van der Waals surface area (Å²) in [6, 6.07) is 3.98. The summed E-state index contributed by atoms with van der Waals surface area (Å²) in [6.45, 7) is 5.47. The second-order valence-electron chi connectivity index (χ2n) is 4.80. The van der Waals surface area contributed by atoms with E-state index in [2.05, 4.69) is 27.1 Å². The van der Waals surface area contributed by atoms with Crippen molar-refractivity contribution in [1.29, 1.82) is 0 Å². The van der Waals surface area contributed by atoms with Crippen molar-refractivity contribution in [3.05, 3.63) is 43.1 Å². The third-order valence-corrected chi connectivity index (χ3v) is 3.17. The molecule has 0 bridgehead atoms. The molecule has 1 unspecified atom stereocenters. The number of aromatic nitrogens is 3. The highest BCUT2D eigenvalue weighted by Crippen LogP contribution is 2.20. The molecule has 6 nitrogen and oxygen atoms in total. The summed E-state index contributed by atoms with van der Waals surface area (Å²) in [7, 11) is 3.87. The van der Waals surface area contributed by atoms with Crippen LogP contribution < -0.4 is 5.32 Å². The van der Waals surface area contributed by atoms with Crippen LogP contribution in [-0.4, -0.2) is 39.6 Å². The first-order valence-electron chi connectivity index (χ1n) is 6.66. The Kier molecular flexibility index (Phi) is 4.71. The van der Waals surface area contributed by atoms with E-state index in [1.54, 1.807) is 17.1 Å². The summed E-state index contributed by atoms with van der Waals surface area (Å²) in [5.41, 5.74) is 2.15. The smallest absolute Gasteiger partial charge is 0.128 e. The first kappa shape index (κ1) is 14.8. The number of aryl methyl sites for hydroxylation is 1. The summed E-state index contributed by atoms with van der Waals surface area (Å²) in [5.74, 6) is 0.815. The number of hydrogen-bond donors (Lipinski definition) is 1. The molecular formula is C15H20N6. The van der Waals surface area contributed by atoms with Gasteiger partial charge in [0.1, 0.15) is 5.82 Å². The van der Waals surface area contributed by atoms with Gasteiger partial charge >= 0.3 is 0 Å². The molecule has 6 heteroatoms. The summed E-state index contributed by atoms with van der Waals surface area (Å²) in [6.07, 6.45) is 9.20. The quantitative estimate of drug-likeness (QED) is 0.653. The number of pyridine rings is 1. The third-order valence-electron chi connectivity index (χ3n) is 3.17. The van der Waals surface area contributed by atoms with Crippen LogP contribution in [0.3, 0.4) is 0 Å². The van der Waals surface area contributed by atoms with Crippen molar-refractivity contribution < 1.29 is 0 Å². The maximum atomic E-state index is 4.35. The standard InChI is InChI=1S/C15H20N6/c1-12(20(3)8-7-16-2)19-15-9-13(5-6-17-15)14-10-18-21(4)11-14/h5-12H,2H2,1,3-4H3,(H,17,19)/b8-7-. The minimum absolute atomic E-state index is 0.0830. The zero-order valence-electron chi connectivity index (χ0n) is 12.6. The maximum Gasteiger partial charge on any atom is 0.128 e. The summed E-state index contributed by atoms with van der Waals surface area (Å²) in [5, 5.41) is 7.53. The molecule has 0 aromatic carbocycles. The average molecular weight is 284 g/mol. The topological polar surface area (TPSA) is 58.3 Å². The van der Waals surface area contributed by atoms with Crippen LogP contribution in [0.25, 0.3) is 11.1 Å². The van der Waals surface area contributed by atoms with Gasteiger partial charge in [-0.05, 0) is 31.3 Å². The van der Waals surface area contributed by atoms with Gasteiger partial charge in [0, 0.05) is 44.5 Å². The predicted molar refractivity (Wildman–Crippen MR) is 86.0 cm³/mol. The number of aliphatic imine (C=N–C) groups is 1. The molecule has 21 heavy (non-hydrogen) atoms. The summed E-state index contributed by atoms with van der Waals surface area (Å²) >= 11 is 0. The summed E-state index contributed by atoms with van der Waals surface area (Å²) in [4.78, 5) is 10.0. The highest BCUT2D eigenvalue weighted by molar-refractivity contribution is 5.64. The van der Waals surface area contributed by atoms with Gasteiger partial charge in [-0.3, -0.25) is 9.67 Å². The van der Waals surface area contributed by atoms with Gasteiger partial charge in [-0.15, -0.1) is 0 Å². The fourth-order valence-corrected chi connectivity index (χ4v) is 1.86. The van der Waals surface area contributed by atoms with Crippen molar-refractivity contribution >= 4 is 12.5 Å². The van der Waals surface area contributed by atoms with Crippen LogP contribution in [0.2, 0.25) is 0 Å². The van der Waals surface area contributed by atoms with Gasteiger partial charge in [0.2, 0.25) is 0 Å². The Hall–Kier alpha value is -2.63. The molecule has 0 aliphatic heterocycles. The van der Waals surface area contributed by atoms with Crippen molar-refractivity contribution in [3.63, 3.8) is 0 Å². The molecule has 2 rings (SSSR count). The number of nitrogens with one attached hydrogen (secondary N) is 1. The van der Waals surface area contributed by atoms with Crippen LogP contribution in [0, 0.1) is 0 Å². The first-order chi connectivity index (χ1) is 10.1. The predicted octanol–water partition coefficient (Wildman–Crippen LogP) is 2.34. The van der Waals surface area contributed by atoms with Gasteiger partial charge in [0.15, 0.2) is 0 Å². The molecule has 2 heterocycles. The second-order valence-corrected chi connectivity index (χ2v) is 4.80. The molecule has 0 aliphatic carbocycles. The van der Waals surface area contributed by atoms with Crippen LogP contribution in [0.5, 0.6) is 0 Å². The van der Waals surface area contributed by atoms with Gasteiger partial charge < -0.3 is 10.2 Å². The molecule has 2 aromatic rings. The molecule has 0 saturated carbocycles. The zero-order valence-corrected chi connectivity index (χ0v) is 12.6. The van der Waals surface area contributed by atoms with E-state index in [1.807, 2.05) is 56.6 Å². The van der Waals surface area contributed by atoms with Crippen LogP contribution in [-0.2, 0) is 7.05 Å². The lowest BCUT2D eigenvalue weighted by atomic mass is 10.1. The van der Waals surface area contributed by atoms with Crippen molar-refractivity contribution in [1.82, 2.24) is 19.7 Å². The van der Waals surface area contributed by atoms with E-state index in [-0.39, 0.29) is 6.17 Å². The van der Waals surface area contributed by atoms with Gasteiger partial charge in [-0.2, -0.15) is 5.10 Å². The van der Waals surface area contributed by atoms with Crippen molar-refractivity contribution in [2.24, 2.45) is 12.0 Å². The summed E-state index contributed by atoms with van der Waals surface area (Å²) < 4.78 is 1.78. The van der Waals surface area contributed by atoms with Crippen LogP contribution in [0.4, 0.5) is 5.82 Å². The van der Waals surface area contributed by atoms with Gasteiger partial charge in [-0.25, -0.2) is 4.98 Å². The molecule has 2 aromatic heterocycles. The number of rotatable bonds is 6. The van der Waals surface area contributed by atoms with Crippen molar-refractivity contribution in [3.8, 4) is 11.1 Å². The van der Waals surface area contributed by atoms with Crippen molar-refractivity contribution in [2.75, 3.05) is 12.4 Å². The molecule has 0 radical (unpaired) electrons. The molecule has 0 spiro atoms. The van der Waals surface area contributed by atoms with Gasteiger partial charge in [0.25, 0.3) is 0 Å². The van der Waals surface area contributed by atoms with Crippen LogP contribution in [0.15, 0.2) is 48.1 Å². The van der Waals surface area contributed by atoms with E-state index >= 15 is 0 Å². The number of anilines is 1. The molecule has 1 atom stereocenters. The third kappa shape index (κ3) is 3.92. The Morgan fingerprint density at radius 2 is 2.29 bits per heavy atom. The Bertz CT molecular complexity index is 631. The molecule has 1 N–H and O–H groups in total. The second kappa shape index (κ2) is 6.69. The average Bonchev–Trinajstić information content (AvgIpc) is 2.91. The number of hydrogen-bond acceptors (Lipinski definition) is 5. The monoisotopic (exact) mass is 284 g/mol. The normalized spacial score (nSPS) is 12.3. The van der Waals surface area contributed by atoms with Crippen LogP contribution in [0.1, 0.15) is 6.92 Å². The highest BCUT2D eigenvalue weighted by Gasteiger charge is 2.07. The fraction of sp³-hybridized carbons (Fsp3) is 0.267. The number of nitrogens with zero attached hydrogens (tertiary/aromatic N) is 5. The van der Waals surface area contributed by atoms with E-state index < -0.39 is 0 Å². The van der Waals surface area contributed by atoms with Gasteiger partial charge in [0.05, 0.1) is 12.4 Å². The minimum Gasteiger partial charge on any atom is -0.359 e. The zero-order chi connectivity index (χ0) is 15.2. The van der Waals surface area contributed by atoms with E-state index in [0.29, 0.717) is 0 Å². The van der Waals surface area contributed by atoms with Crippen molar-refractivity contribution in [2.45, 2.75) is 13.1 Å². The Labute approximate surface area is 124 Å².